The fraction of sp³-hybridized carbons (Fsp3) is 0.571. The number of esters is 1. The Morgan fingerprint density at radius 2 is 2.08 bits per heavy atom. The minimum Gasteiger partial charge on any atom is -0.467 e. The maximum Gasteiger partial charge on any atom is 0.335 e. The number of Topliss-reactive ketones (excluding diaryl/α,β-unsaturated/α-hetero) is 1. The molecule has 1 aliphatic carbocycles. The minimum absolute atomic E-state index is 0.153. The highest BCUT2D eigenvalue weighted by Gasteiger charge is 2.19. The van der Waals surface area contributed by atoms with Crippen LogP contribution in [0.15, 0.2) is 41.2 Å². The number of allylic oxidation sites excluding steroid dienone is 4. The zero-order valence-electron chi connectivity index (χ0n) is 15.4. The van der Waals surface area contributed by atoms with E-state index < -0.39 is 12.1 Å². The minimum atomic E-state index is -1.16. The molecule has 0 radical (unpaired) electrons. The van der Waals surface area contributed by atoms with E-state index in [9.17, 15) is 14.7 Å². The van der Waals surface area contributed by atoms with Crippen LogP contribution < -0.4 is 0 Å². The molecule has 0 saturated carbocycles. The first kappa shape index (κ1) is 21.1. The summed E-state index contributed by atoms with van der Waals surface area (Å²) in [5.74, 6) is -0.448. The predicted molar refractivity (Wildman–Crippen MR) is 99.1 cm³/mol. The van der Waals surface area contributed by atoms with Crippen LogP contribution in [0.25, 0.3) is 0 Å². The summed E-state index contributed by atoms with van der Waals surface area (Å²) in [7, 11) is 1.24. The number of ketones is 1. The second kappa shape index (κ2) is 12.5. The number of rotatable bonds is 11. The monoisotopic (exact) mass is 346 g/mol. The number of carbonyl (C=O) groups excluding carboxylic acids is 2. The van der Waals surface area contributed by atoms with Gasteiger partial charge in [-0.05, 0) is 37.0 Å². The fourth-order valence-electron chi connectivity index (χ4n) is 2.73. The Hall–Kier alpha value is -1.90. The van der Waals surface area contributed by atoms with Gasteiger partial charge in [0.25, 0.3) is 0 Å². The number of hydrogen-bond acceptors (Lipinski definition) is 4. The molecule has 0 aromatic carbocycles. The zero-order chi connectivity index (χ0) is 18.5. The number of aliphatic hydroxyl groups excluding tert-OH is 1. The van der Waals surface area contributed by atoms with Gasteiger partial charge in [0.05, 0.1) is 7.11 Å². The third-order valence-electron chi connectivity index (χ3n) is 4.25. The van der Waals surface area contributed by atoms with Crippen LogP contribution in [0.2, 0.25) is 0 Å². The maximum atomic E-state index is 12.0. The summed E-state index contributed by atoms with van der Waals surface area (Å²) in [5, 5.41) is 9.45. The van der Waals surface area contributed by atoms with E-state index in [-0.39, 0.29) is 12.2 Å². The smallest absolute Gasteiger partial charge is 0.335 e. The first-order valence-electron chi connectivity index (χ1n) is 9.17. The van der Waals surface area contributed by atoms with Crippen molar-refractivity contribution in [1.82, 2.24) is 0 Å². The first-order chi connectivity index (χ1) is 12.1. The number of unbranched alkanes of at least 4 members (excludes halogenated alkanes) is 4. The molecule has 4 heteroatoms. The summed E-state index contributed by atoms with van der Waals surface area (Å²) in [6, 6.07) is 0. The van der Waals surface area contributed by atoms with E-state index in [0.29, 0.717) is 12.8 Å². The standard InChI is InChI=1S/C21H30O4/c1-3-4-5-6-7-9-12-17-15-16-19(22)18(17)13-10-8-11-14-20(23)21(24)25-2/h9-12,20,23H,3-7,13-16H2,1-2H3/b12-9+. The SMILES string of the molecule is CCCCCC/C=C/C1=C(CC=C=CCC(O)C(=O)OC)C(=O)CC1. The van der Waals surface area contributed by atoms with Gasteiger partial charge in [0, 0.05) is 24.8 Å². The van der Waals surface area contributed by atoms with E-state index in [4.69, 9.17) is 0 Å². The van der Waals surface area contributed by atoms with Gasteiger partial charge in [-0.3, -0.25) is 4.79 Å². The molecule has 138 valence electrons. The van der Waals surface area contributed by atoms with E-state index >= 15 is 0 Å². The van der Waals surface area contributed by atoms with Crippen molar-refractivity contribution < 1.29 is 19.4 Å². The van der Waals surface area contributed by atoms with Gasteiger partial charge in [-0.25, -0.2) is 4.79 Å². The lowest BCUT2D eigenvalue weighted by Crippen LogP contribution is -2.20. The van der Waals surface area contributed by atoms with Crippen LogP contribution in [-0.4, -0.2) is 30.1 Å². The van der Waals surface area contributed by atoms with Gasteiger partial charge in [0.2, 0.25) is 0 Å². The molecule has 0 heterocycles. The summed E-state index contributed by atoms with van der Waals surface area (Å²) in [6.45, 7) is 2.20. The van der Waals surface area contributed by atoms with Crippen molar-refractivity contribution in [1.29, 1.82) is 0 Å². The highest BCUT2D eigenvalue weighted by atomic mass is 16.5. The lowest BCUT2D eigenvalue weighted by atomic mass is 10.1. The fourth-order valence-corrected chi connectivity index (χ4v) is 2.73. The summed E-state index contributed by atoms with van der Waals surface area (Å²) in [6.07, 6.45) is 14.6. The first-order valence-corrected chi connectivity index (χ1v) is 9.17. The lowest BCUT2D eigenvalue weighted by Gasteiger charge is -2.02. The van der Waals surface area contributed by atoms with E-state index in [2.05, 4.69) is 29.5 Å². The number of carbonyl (C=O) groups is 2. The van der Waals surface area contributed by atoms with Gasteiger partial charge in [-0.2, -0.15) is 0 Å². The molecule has 1 aliphatic rings. The van der Waals surface area contributed by atoms with Crippen molar-refractivity contribution in [2.75, 3.05) is 7.11 Å². The Kier molecular flexibility index (Phi) is 10.5. The largest absolute Gasteiger partial charge is 0.467 e. The Balaban J connectivity index is 2.52. The van der Waals surface area contributed by atoms with Crippen LogP contribution in [0.1, 0.15) is 64.7 Å². The molecule has 4 nitrogen and oxygen atoms in total. The van der Waals surface area contributed by atoms with Crippen LogP contribution in [0.4, 0.5) is 0 Å². The van der Waals surface area contributed by atoms with Crippen LogP contribution in [0.3, 0.4) is 0 Å². The molecule has 0 fully saturated rings. The normalized spacial score (nSPS) is 15.4. The van der Waals surface area contributed by atoms with Crippen molar-refractivity contribution >= 4 is 11.8 Å². The summed E-state index contributed by atoms with van der Waals surface area (Å²) >= 11 is 0. The molecule has 0 spiro atoms. The van der Waals surface area contributed by atoms with Crippen molar-refractivity contribution in [3.8, 4) is 0 Å². The maximum absolute atomic E-state index is 12.0. The molecule has 0 aliphatic heterocycles. The predicted octanol–water partition coefficient (Wildman–Crippen LogP) is 4.20. The van der Waals surface area contributed by atoms with Gasteiger partial charge < -0.3 is 9.84 Å². The van der Waals surface area contributed by atoms with Gasteiger partial charge in [0.15, 0.2) is 11.9 Å². The molecular weight excluding hydrogens is 316 g/mol. The quantitative estimate of drug-likeness (QED) is 0.346. The van der Waals surface area contributed by atoms with Gasteiger partial charge in [-0.1, -0.05) is 38.3 Å². The van der Waals surface area contributed by atoms with Crippen molar-refractivity contribution in [3.63, 3.8) is 0 Å². The summed E-state index contributed by atoms with van der Waals surface area (Å²) in [5.41, 5.74) is 4.92. The number of aliphatic hydroxyl groups is 1. The average molecular weight is 346 g/mol. The third kappa shape index (κ3) is 8.15. The number of hydrogen-bond donors (Lipinski definition) is 1. The van der Waals surface area contributed by atoms with Crippen LogP contribution in [0, 0.1) is 0 Å². The van der Waals surface area contributed by atoms with Crippen LogP contribution in [-0.2, 0) is 14.3 Å². The molecule has 0 aromatic rings. The topological polar surface area (TPSA) is 63.6 Å². The highest BCUT2D eigenvalue weighted by Crippen LogP contribution is 2.27. The number of ether oxygens (including phenoxy) is 1. The molecule has 1 unspecified atom stereocenters. The molecule has 1 atom stereocenters. The van der Waals surface area contributed by atoms with Crippen LogP contribution >= 0.6 is 0 Å². The number of methoxy groups -OCH3 is 1. The van der Waals surface area contributed by atoms with E-state index in [1.807, 2.05) is 0 Å². The van der Waals surface area contributed by atoms with Gasteiger partial charge >= 0.3 is 5.97 Å². The molecule has 1 N–H and O–H groups in total. The Morgan fingerprint density at radius 1 is 1.28 bits per heavy atom. The molecule has 25 heavy (non-hydrogen) atoms. The molecule has 0 amide bonds. The van der Waals surface area contributed by atoms with Crippen LogP contribution in [0.5, 0.6) is 0 Å². The second-order valence-corrected chi connectivity index (χ2v) is 6.23. The lowest BCUT2D eigenvalue weighted by molar-refractivity contribution is -0.150. The average Bonchev–Trinajstić information content (AvgIpc) is 2.96. The van der Waals surface area contributed by atoms with Crippen molar-refractivity contribution in [3.05, 3.63) is 41.2 Å². The van der Waals surface area contributed by atoms with Crippen molar-refractivity contribution in [2.45, 2.75) is 70.8 Å². The second-order valence-electron chi connectivity index (χ2n) is 6.23. The third-order valence-corrected chi connectivity index (χ3v) is 4.25. The van der Waals surface area contributed by atoms with Crippen molar-refractivity contribution in [2.24, 2.45) is 0 Å². The molecule has 0 saturated heterocycles. The highest BCUT2D eigenvalue weighted by molar-refractivity contribution is 5.99. The molecular formula is C21H30O4. The Morgan fingerprint density at radius 3 is 2.80 bits per heavy atom. The van der Waals surface area contributed by atoms with E-state index in [0.717, 1.165) is 24.0 Å². The molecule has 0 aromatic heterocycles. The Labute approximate surface area is 151 Å². The molecule has 1 rings (SSSR count). The summed E-state index contributed by atoms with van der Waals surface area (Å²) in [4.78, 5) is 23.1. The van der Waals surface area contributed by atoms with Gasteiger partial charge in [-0.15, -0.1) is 5.73 Å². The Bertz CT molecular complexity index is 562. The zero-order valence-corrected chi connectivity index (χ0v) is 15.4. The van der Waals surface area contributed by atoms with E-state index in [1.165, 1.54) is 32.8 Å². The summed E-state index contributed by atoms with van der Waals surface area (Å²) < 4.78 is 4.44. The van der Waals surface area contributed by atoms with E-state index in [1.54, 1.807) is 12.2 Å². The van der Waals surface area contributed by atoms with Gasteiger partial charge in [0.1, 0.15) is 0 Å². The molecule has 0 bridgehead atoms.